The quantitative estimate of drug-likeness (QED) is 0.142. The van der Waals surface area contributed by atoms with Crippen LogP contribution in [-0.4, -0.2) is 25.2 Å². The maximum Gasteiger partial charge on any atom is 0.312 e. The Morgan fingerprint density at radius 3 is 1.32 bits per heavy atom. The van der Waals surface area contributed by atoms with Gasteiger partial charge in [0.1, 0.15) is 13.2 Å². The number of benzene rings is 2. The summed E-state index contributed by atoms with van der Waals surface area (Å²) in [6.07, 6.45) is 1.32. The second kappa shape index (κ2) is 14.3. The van der Waals surface area contributed by atoms with Crippen LogP contribution in [-0.2, 0) is 41.8 Å². The molecule has 2 aromatic rings. The fraction of sp³-hybridized carbons (Fsp3) is 0.419. The zero-order valence-electron chi connectivity index (χ0n) is 22.6. The standard InChI is InChI=1S/C31H40O6/c1-24(20-30(3,4)28(32)36-22-26-14-9-7-10-15-26)34-18-13-19-35-25(2)21-31(5,6)29(33)37-23-27-16-11-8-12-17-27/h7-12,14-17H,1-2,13,18-23H2,3-6H3. The van der Waals surface area contributed by atoms with E-state index in [1.165, 1.54) is 0 Å². The fourth-order valence-corrected chi connectivity index (χ4v) is 3.56. The minimum Gasteiger partial charge on any atom is -0.498 e. The van der Waals surface area contributed by atoms with Gasteiger partial charge in [-0.3, -0.25) is 9.59 Å². The summed E-state index contributed by atoms with van der Waals surface area (Å²) in [7, 11) is 0. The third-order valence-electron chi connectivity index (χ3n) is 5.71. The van der Waals surface area contributed by atoms with E-state index in [4.69, 9.17) is 18.9 Å². The van der Waals surface area contributed by atoms with Crippen molar-refractivity contribution < 1.29 is 28.5 Å². The van der Waals surface area contributed by atoms with Crippen LogP contribution >= 0.6 is 0 Å². The molecule has 0 fully saturated rings. The summed E-state index contributed by atoms with van der Waals surface area (Å²) in [5.41, 5.74) is 0.376. The Balaban J connectivity index is 1.62. The highest BCUT2D eigenvalue weighted by Crippen LogP contribution is 2.28. The normalized spacial score (nSPS) is 11.4. The number of allylic oxidation sites excluding steroid dienone is 2. The maximum atomic E-state index is 12.5. The molecule has 0 aliphatic rings. The van der Waals surface area contributed by atoms with E-state index in [0.717, 1.165) is 11.1 Å². The molecule has 6 heteroatoms. The van der Waals surface area contributed by atoms with Gasteiger partial charge in [0.25, 0.3) is 0 Å². The Morgan fingerprint density at radius 1 is 0.622 bits per heavy atom. The first kappa shape index (κ1) is 29.7. The van der Waals surface area contributed by atoms with Crippen molar-refractivity contribution in [2.75, 3.05) is 13.2 Å². The average Bonchev–Trinajstić information content (AvgIpc) is 2.86. The monoisotopic (exact) mass is 508 g/mol. The second-order valence-electron chi connectivity index (χ2n) is 10.4. The van der Waals surface area contributed by atoms with E-state index in [2.05, 4.69) is 13.2 Å². The molecule has 2 rings (SSSR count). The molecule has 0 radical (unpaired) electrons. The van der Waals surface area contributed by atoms with Gasteiger partial charge < -0.3 is 18.9 Å². The minimum atomic E-state index is -0.753. The average molecular weight is 509 g/mol. The van der Waals surface area contributed by atoms with Crippen LogP contribution in [0.3, 0.4) is 0 Å². The predicted octanol–water partition coefficient (Wildman–Crippen LogP) is 6.76. The molecule has 0 amide bonds. The van der Waals surface area contributed by atoms with Gasteiger partial charge in [-0.05, 0) is 38.8 Å². The molecule has 0 aliphatic heterocycles. The highest BCUT2D eigenvalue weighted by Gasteiger charge is 2.32. The third kappa shape index (κ3) is 10.9. The minimum absolute atomic E-state index is 0.235. The highest BCUT2D eigenvalue weighted by molar-refractivity contribution is 5.76. The topological polar surface area (TPSA) is 71.1 Å². The van der Waals surface area contributed by atoms with Crippen molar-refractivity contribution in [3.63, 3.8) is 0 Å². The van der Waals surface area contributed by atoms with Crippen LogP contribution in [0.2, 0.25) is 0 Å². The van der Waals surface area contributed by atoms with Crippen molar-refractivity contribution >= 4 is 11.9 Å². The summed E-state index contributed by atoms with van der Waals surface area (Å²) in [6.45, 7) is 16.4. The molecular weight excluding hydrogens is 468 g/mol. The molecule has 0 atom stereocenters. The molecular formula is C31H40O6. The van der Waals surface area contributed by atoms with Crippen molar-refractivity contribution in [3.05, 3.63) is 96.5 Å². The molecule has 200 valence electrons. The molecule has 0 bridgehead atoms. The van der Waals surface area contributed by atoms with Gasteiger partial charge in [0.2, 0.25) is 0 Å². The molecule has 0 unspecified atom stereocenters. The predicted molar refractivity (Wildman–Crippen MR) is 144 cm³/mol. The number of rotatable bonds is 16. The maximum absolute atomic E-state index is 12.5. The van der Waals surface area contributed by atoms with Gasteiger partial charge in [0.15, 0.2) is 0 Å². The van der Waals surface area contributed by atoms with Gasteiger partial charge in [-0.2, -0.15) is 0 Å². The van der Waals surface area contributed by atoms with Gasteiger partial charge in [-0.1, -0.05) is 73.8 Å². The largest absolute Gasteiger partial charge is 0.498 e. The van der Waals surface area contributed by atoms with Crippen LogP contribution in [0, 0.1) is 10.8 Å². The van der Waals surface area contributed by atoms with E-state index in [1.54, 1.807) is 0 Å². The number of hydrogen-bond acceptors (Lipinski definition) is 6. The lowest BCUT2D eigenvalue weighted by Gasteiger charge is -2.24. The first-order valence-electron chi connectivity index (χ1n) is 12.5. The second-order valence-corrected chi connectivity index (χ2v) is 10.4. The van der Waals surface area contributed by atoms with Gasteiger partial charge in [0.05, 0.1) is 35.6 Å². The highest BCUT2D eigenvalue weighted by atomic mass is 16.5. The molecule has 0 aliphatic carbocycles. The van der Waals surface area contributed by atoms with Crippen molar-refractivity contribution in [1.82, 2.24) is 0 Å². The number of hydrogen-bond donors (Lipinski definition) is 0. The zero-order valence-corrected chi connectivity index (χ0v) is 22.6. The van der Waals surface area contributed by atoms with E-state index in [-0.39, 0.29) is 25.2 Å². The van der Waals surface area contributed by atoms with Gasteiger partial charge in [-0.25, -0.2) is 0 Å². The molecule has 0 N–H and O–H groups in total. The first-order chi connectivity index (χ1) is 17.5. The van der Waals surface area contributed by atoms with E-state index in [1.807, 2.05) is 88.4 Å². The molecule has 6 nitrogen and oxygen atoms in total. The van der Waals surface area contributed by atoms with Gasteiger partial charge in [-0.15, -0.1) is 0 Å². The van der Waals surface area contributed by atoms with Crippen molar-refractivity contribution in [2.45, 2.75) is 60.2 Å². The lowest BCUT2D eigenvalue weighted by atomic mass is 9.89. The van der Waals surface area contributed by atoms with Crippen molar-refractivity contribution in [1.29, 1.82) is 0 Å². The van der Waals surface area contributed by atoms with Crippen LogP contribution in [0.15, 0.2) is 85.3 Å². The molecule has 0 saturated carbocycles. The fourth-order valence-electron chi connectivity index (χ4n) is 3.56. The Labute approximate surface area is 221 Å². The summed E-state index contributed by atoms with van der Waals surface area (Å²) < 4.78 is 22.3. The summed E-state index contributed by atoms with van der Waals surface area (Å²) in [5, 5.41) is 0. The lowest BCUT2D eigenvalue weighted by Crippen LogP contribution is -2.27. The van der Waals surface area contributed by atoms with Crippen LogP contribution in [0.25, 0.3) is 0 Å². The molecule has 0 spiro atoms. The van der Waals surface area contributed by atoms with Gasteiger partial charge >= 0.3 is 11.9 Å². The van der Waals surface area contributed by atoms with Crippen LogP contribution in [0.5, 0.6) is 0 Å². The van der Waals surface area contributed by atoms with E-state index in [0.29, 0.717) is 44.0 Å². The summed E-state index contributed by atoms with van der Waals surface area (Å²) in [6, 6.07) is 19.1. The Kier molecular flexibility index (Phi) is 11.4. The van der Waals surface area contributed by atoms with E-state index >= 15 is 0 Å². The SMILES string of the molecule is C=C(CC(C)(C)C(=O)OCc1ccccc1)OCCCOC(=C)CC(C)(C)C(=O)OCc1ccccc1. The summed E-state index contributed by atoms with van der Waals surface area (Å²) in [5.74, 6) is 0.432. The van der Waals surface area contributed by atoms with E-state index in [9.17, 15) is 9.59 Å². The van der Waals surface area contributed by atoms with Crippen LogP contribution in [0.1, 0.15) is 58.1 Å². The molecule has 0 heterocycles. The molecule has 0 aromatic heterocycles. The molecule has 0 saturated heterocycles. The Bertz CT molecular complexity index is 941. The first-order valence-corrected chi connectivity index (χ1v) is 12.5. The summed E-state index contributed by atoms with van der Waals surface area (Å²) >= 11 is 0. The van der Waals surface area contributed by atoms with Crippen molar-refractivity contribution in [3.8, 4) is 0 Å². The van der Waals surface area contributed by atoms with Crippen molar-refractivity contribution in [2.24, 2.45) is 10.8 Å². The summed E-state index contributed by atoms with van der Waals surface area (Å²) in [4.78, 5) is 25.0. The number of carbonyl (C=O) groups is 2. The van der Waals surface area contributed by atoms with Crippen LogP contribution in [0.4, 0.5) is 0 Å². The lowest BCUT2D eigenvalue weighted by molar-refractivity contribution is -0.156. The van der Waals surface area contributed by atoms with Crippen LogP contribution < -0.4 is 0 Å². The number of ether oxygens (including phenoxy) is 4. The Morgan fingerprint density at radius 2 is 0.973 bits per heavy atom. The number of carbonyl (C=O) groups excluding carboxylic acids is 2. The third-order valence-corrected chi connectivity index (χ3v) is 5.71. The number of esters is 2. The van der Waals surface area contributed by atoms with E-state index < -0.39 is 10.8 Å². The van der Waals surface area contributed by atoms with Gasteiger partial charge in [0, 0.05) is 19.3 Å². The zero-order chi connectivity index (χ0) is 27.3. The molecule has 37 heavy (non-hydrogen) atoms. The Hall–Kier alpha value is -3.54. The smallest absolute Gasteiger partial charge is 0.312 e. The molecule has 2 aromatic carbocycles.